The molecule has 0 aromatic heterocycles. The van der Waals surface area contributed by atoms with Crippen molar-refractivity contribution in [1.29, 1.82) is 0 Å². The molecule has 0 saturated carbocycles. The van der Waals surface area contributed by atoms with Gasteiger partial charge in [0.1, 0.15) is 24.0 Å². The molecule has 2 aromatic carbocycles. The first-order valence-corrected chi connectivity index (χ1v) is 8.94. The van der Waals surface area contributed by atoms with E-state index >= 15 is 0 Å². The van der Waals surface area contributed by atoms with Crippen LogP contribution >= 0.6 is 0 Å². The Labute approximate surface area is 162 Å². The lowest BCUT2D eigenvalue weighted by Gasteiger charge is -2.43. The first-order valence-electron chi connectivity index (χ1n) is 8.94. The van der Waals surface area contributed by atoms with Gasteiger partial charge >= 0.3 is 5.97 Å². The molecule has 0 bridgehead atoms. The number of rotatable bonds is 5. The number of benzene rings is 2. The molecule has 150 valence electrons. The van der Waals surface area contributed by atoms with Crippen molar-refractivity contribution < 1.29 is 34.0 Å². The minimum Gasteiger partial charge on any atom is -0.462 e. The Bertz CT molecular complexity index is 850. The number of carbonyl (C=O) groups excluding carboxylic acids is 2. The van der Waals surface area contributed by atoms with Crippen LogP contribution in [0.3, 0.4) is 0 Å². The zero-order valence-corrected chi connectivity index (χ0v) is 15.6. The van der Waals surface area contributed by atoms with Crippen molar-refractivity contribution in [3.05, 3.63) is 42.5 Å². The largest absolute Gasteiger partial charge is 0.462 e. The molecule has 5 atom stereocenters. The fourth-order valence-electron chi connectivity index (χ4n) is 3.31. The predicted octanol–water partition coefficient (Wildman–Crippen LogP) is 0.733. The molecule has 8 heteroatoms. The lowest BCUT2D eigenvalue weighted by molar-refractivity contribution is -0.249. The molecule has 2 aromatic rings. The van der Waals surface area contributed by atoms with E-state index in [1.165, 1.54) is 13.8 Å². The highest BCUT2D eigenvalue weighted by molar-refractivity contribution is 5.88. The Morgan fingerprint density at radius 2 is 1.86 bits per heavy atom. The van der Waals surface area contributed by atoms with E-state index in [4.69, 9.17) is 14.2 Å². The smallest absolute Gasteiger partial charge is 0.303 e. The van der Waals surface area contributed by atoms with E-state index in [1.54, 1.807) is 6.07 Å². The van der Waals surface area contributed by atoms with Crippen LogP contribution in [0.5, 0.6) is 5.75 Å². The van der Waals surface area contributed by atoms with E-state index in [9.17, 15) is 19.8 Å². The quantitative estimate of drug-likeness (QED) is 0.646. The van der Waals surface area contributed by atoms with Gasteiger partial charge in [0, 0.05) is 19.2 Å². The Kier molecular flexibility index (Phi) is 6.13. The van der Waals surface area contributed by atoms with Crippen LogP contribution in [-0.4, -0.2) is 59.3 Å². The molecule has 3 N–H and O–H groups in total. The monoisotopic (exact) mass is 389 g/mol. The summed E-state index contributed by atoms with van der Waals surface area (Å²) in [7, 11) is 0. The number of amides is 1. The summed E-state index contributed by atoms with van der Waals surface area (Å²) in [4.78, 5) is 23.3. The number of nitrogens with one attached hydrogen (secondary N) is 1. The molecule has 1 aliphatic rings. The third-order valence-corrected chi connectivity index (χ3v) is 4.52. The van der Waals surface area contributed by atoms with Gasteiger partial charge in [-0.3, -0.25) is 9.59 Å². The van der Waals surface area contributed by atoms with Crippen LogP contribution < -0.4 is 10.1 Å². The van der Waals surface area contributed by atoms with E-state index in [0.29, 0.717) is 5.75 Å². The number of hydrogen-bond donors (Lipinski definition) is 3. The van der Waals surface area contributed by atoms with Gasteiger partial charge in [0.25, 0.3) is 0 Å². The summed E-state index contributed by atoms with van der Waals surface area (Å²) in [5, 5.41) is 24.4. The van der Waals surface area contributed by atoms with Crippen LogP contribution in [0.25, 0.3) is 10.8 Å². The predicted molar refractivity (Wildman–Crippen MR) is 99.5 cm³/mol. The highest BCUT2D eigenvalue weighted by atomic mass is 16.7. The Balaban J connectivity index is 1.96. The highest BCUT2D eigenvalue weighted by Crippen LogP contribution is 2.30. The van der Waals surface area contributed by atoms with Crippen LogP contribution in [0.2, 0.25) is 0 Å². The molecule has 1 saturated heterocycles. The van der Waals surface area contributed by atoms with Crippen LogP contribution in [0.1, 0.15) is 13.8 Å². The van der Waals surface area contributed by atoms with Crippen molar-refractivity contribution in [3.8, 4) is 5.75 Å². The van der Waals surface area contributed by atoms with Crippen molar-refractivity contribution in [2.75, 3.05) is 6.61 Å². The average Bonchev–Trinajstić information content (AvgIpc) is 2.66. The number of aliphatic hydroxyl groups excluding tert-OH is 2. The van der Waals surface area contributed by atoms with Crippen LogP contribution in [0.4, 0.5) is 0 Å². The van der Waals surface area contributed by atoms with E-state index in [-0.39, 0.29) is 0 Å². The lowest BCUT2D eigenvalue weighted by Crippen LogP contribution is -2.66. The zero-order chi connectivity index (χ0) is 20.3. The average molecular weight is 389 g/mol. The normalized spacial score (nSPS) is 27.2. The van der Waals surface area contributed by atoms with Crippen molar-refractivity contribution in [1.82, 2.24) is 5.32 Å². The molecule has 8 nitrogen and oxygen atoms in total. The fraction of sp³-hybridized carbons (Fsp3) is 0.400. The molecule has 1 fully saturated rings. The number of ether oxygens (including phenoxy) is 3. The molecule has 3 rings (SSSR count). The Morgan fingerprint density at radius 3 is 2.54 bits per heavy atom. The maximum atomic E-state index is 11.7. The first kappa shape index (κ1) is 20.1. The summed E-state index contributed by atoms with van der Waals surface area (Å²) in [5.41, 5.74) is 0. The standard InChI is InChI=1S/C20H23NO7/c1-11(23)21-17-19(26-12(2)24)18(25)16(10-22)28-20(17)27-15-9-5-7-13-6-3-4-8-14(13)15/h3-9,16-20,22,25H,10H2,1-2H3,(H,21,23)/t16-,17-,18+,19+,20-/m0/s1. The second kappa shape index (κ2) is 8.55. The summed E-state index contributed by atoms with van der Waals surface area (Å²) in [6.07, 6.45) is -4.63. The van der Waals surface area contributed by atoms with E-state index < -0.39 is 49.1 Å². The second-order valence-electron chi connectivity index (χ2n) is 6.61. The highest BCUT2D eigenvalue weighted by Gasteiger charge is 2.48. The summed E-state index contributed by atoms with van der Waals surface area (Å²) >= 11 is 0. The topological polar surface area (TPSA) is 114 Å². The van der Waals surface area contributed by atoms with Gasteiger partial charge < -0.3 is 29.7 Å². The molecular weight excluding hydrogens is 366 g/mol. The summed E-state index contributed by atoms with van der Waals surface area (Å²) in [5.74, 6) is -0.554. The van der Waals surface area contributed by atoms with Gasteiger partial charge in [0.05, 0.1) is 6.61 Å². The van der Waals surface area contributed by atoms with Gasteiger partial charge in [-0.05, 0) is 11.5 Å². The molecule has 1 heterocycles. The Hall–Kier alpha value is -2.68. The van der Waals surface area contributed by atoms with Gasteiger partial charge in [-0.25, -0.2) is 0 Å². The third kappa shape index (κ3) is 4.24. The minimum absolute atomic E-state index is 0.410. The molecule has 1 aliphatic heterocycles. The van der Waals surface area contributed by atoms with Gasteiger partial charge in [-0.1, -0.05) is 36.4 Å². The van der Waals surface area contributed by atoms with Crippen molar-refractivity contribution in [2.45, 2.75) is 44.5 Å². The van der Waals surface area contributed by atoms with Crippen LogP contribution in [0, 0.1) is 0 Å². The van der Waals surface area contributed by atoms with E-state index in [0.717, 1.165) is 10.8 Å². The van der Waals surface area contributed by atoms with E-state index in [2.05, 4.69) is 5.32 Å². The minimum atomic E-state index is -1.34. The van der Waals surface area contributed by atoms with Crippen molar-refractivity contribution >= 4 is 22.6 Å². The molecule has 0 radical (unpaired) electrons. The van der Waals surface area contributed by atoms with Gasteiger partial charge in [-0.2, -0.15) is 0 Å². The molecule has 1 amide bonds. The summed E-state index contributed by atoms with van der Waals surface area (Å²) in [6.45, 7) is 1.98. The zero-order valence-electron chi connectivity index (χ0n) is 15.6. The van der Waals surface area contributed by atoms with Crippen molar-refractivity contribution in [2.24, 2.45) is 0 Å². The first-order chi connectivity index (χ1) is 13.4. The van der Waals surface area contributed by atoms with E-state index in [1.807, 2.05) is 36.4 Å². The Morgan fingerprint density at radius 1 is 1.14 bits per heavy atom. The number of hydrogen-bond acceptors (Lipinski definition) is 7. The van der Waals surface area contributed by atoms with Gasteiger partial charge in [0.15, 0.2) is 6.10 Å². The molecule has 0 spiro atoms. The molecule has 28 heavy (non-hydrogen) atoms. The summed E-state index contributed by atoms with van der Waals surface area (Å²) in [6, 6.07) is 12.1. The molecule has 0 aliphatic carbocycles. The fourth-order valence-corrected chi connectivity index (χ4v) is 3.31. The lowest BCUT2D eigenvalue weighted by atomic mass is 9.96. The van der Waals surface area contributed by atoms with Crippen LogP contribution in [0.15, 0.2) is 42.5 Å². The van der Waals surface area contributed by atoms with Crippen LogP contribution in [-0.2, 0) is 19.1 Å². The summed E-state index contributed by atoms with van der Waals surface area (Å²) < 4.78 is 17.0. The maximum absolute atomic E-state index is 11.7. The van der Waals surface area contributed by atoms with Gasteiger partial charge in [-0.15, -0.1) is 0 Å². The number of fused-ring (bicyclic) bond motifs is 1. The SMILES string of the molecule is CC(=O)N[C@@H]1[C@@H](Oc2cccc3ccccc23)O[C@@H](CO)[C@@H](O)[C@@H]1OC(C)=O. The van der Waals surface area contributed by atoms with Gasteiger partial charge in [0.2, 0.25) is 12.2 Å². The molecule has 0 unspecified atom stereocenters. The van der Waals surface area contributed by atoms with Crippen molar-refractivity contribution in [3.63, 3.8) is 0 Å². The maximum Gasteiger partial charge on any atom is 0.303 e. The molecular formula is C20H23NO7. The number of aliphatic hydroxyl groups is 2. The number of esters is 1. The number of carbonyl (C=O) groups is 2. The second-order valence-corrected chi connectivity index (χ2v) is 6.61. The third-order valence-electron chi connectivity index (χ3n) is 4.52.